The van der Waals surface area contributed by atoms with Gasteiger partial charge in [-0.25, -0.2) is 0 Å². The summed E-state index contributed by atoms with van der Waals surface area (Å²) < 4.78 is 5.96. The van der Waals surface area contributed by atoms with E-state index in [0.717, 1.165) is 24.8 Å². The van der Waals surface area contributed by atoms with Gasteiger partial charge in [-0.05, 0) is 51.1 Å². The summed E-state index contributed by atoms with van der Waals surface area (Å²) >= 11 is 0. The van der Waals surface area contributed by atoms with E-state index < -0.39 is 5.41 Å². The van der Waals surface area contributed by atoms with Gasteiger partial charge in [-0.2, -0.15) is 0 Å². The van der Waals surface area contributed by atoms with Gasteiger partial charge in [-0.1, -0.05) is 30.3 Å². The molecule has 1 aromatic rings. The molecule has 5 nitrogen and oxygen atoms in total. The van der Waals surface area contributed by atoms with Crippen molar-refractivity contribution in [3.8, 4) is 0 Å². The summed E-state index contributed by atoms with van der Waals surface area (Å²) in [7, 11) is 2.17. The topological polar surface area (TPSA) is 58.6 Å². The molecule has 3 fully saturated rings. The number of carbonyl (C=O) groups excluding carboxylic acids is 2. The Balaban J connectivity index is 1.58. The fraction of sp³-hybridized carbons (Fsp3) is 0.600. The molecular weight excluding hydrogens is 316 g/mol. The SMILES string of the molecule is CN1C2CCC1CC(OC(=O)C1(c3ccccc3)CCCNC1=O)C2. The molecule has 3 heterocycles. The number of benzene rings is 1. The lowest BCUT2D eigenvalue weighted by Crippen LogP contribution is -2.55. The first-order chi connectivity index (χ1) is 12.1. The van der Waals surface area contributed by atoms with Gasteiger partial charge in [-0.3, -0.25) is 9.59 Å². The van der Waals surface area contributed by atoms with Crippen LogP contribution in [-0.2, 0) is 19.7 Å². The van der Waals surface area contributed by atoms with Gasteiger partial charge in [0.1, 0.15) is 6.10 Å². The van der Waals surface area contributed by atoms with Gasteiger partial charge in [0.2, 0.25) is 5.91 Å². The maximum atomic E-state index is 13.2. The van der Waals surface area contributed by atoms with E-state index >= 15 is 0 Å². The van der Waals surface area contributed by atoms with Gasteiger partial charge in [0, 0.05) is 18.6 Å². The molecule has 5 heteroatoms. The Morgan fingerprint density at radius 1 is 1.20 bits per heavy atom. The van der Waals surface area contributed by atoms with E-state index in [1.54, 1.807) is 0 Å². The lowest BCUT2D eigenvalue weighted by Gasteiger charge is -2.39. The van der Waals surface area contributed by atoms with Crippen molar-refractivity contribution in [3.05, 3.63) is 35.9 Å². The Kier molecular flexibility index (Phi) is 4.28. The molecule has 1 aromatic carbocycles. The van der Waals surface area contributed by atoms with Crippen LogP contribution in [0.1, 0.15) is 44.1 Å². The number of rotatable bonds is 3. The molecule has 3 aliphatic rings. The van der Waals surface area contributed by atoms with Crippen molar-refractivity contribution in [2.45, 2.75) is 62.1 Å². The number of esters is 1. The largest absolute Gasteiger partial charge is 0.461 e. The summed E-state index contributed by atoms with van der Waals surface area (Å²) in [4.78, 5) is 28.4. The minimum atomic E-state index is -1.19. The molecule has 0 spiro atoms. The molecule has 3 aliphatic heterocycles. The highest BCUT2D eigenvalue weighted by atomic mass is 16.5. The lowest BCUT2D eigenvalue weighted by atomic mass is 9.74. The number of ether oxygens (including phenoxy) is 1. The van der Waals surface area contributed by atoms with E-state index in [-0.39, 0.29) is 18.0 Å². The number of hydrogen-bond acceptors (Lipinski definition) is 4. The van der Waals surface area contributed by atoms with Crippen molar-refractivity contribution >= 4 is 11.9 Å². The molecule has 0 aliphatic carbocycles. The maximum absolute atomic E-state index is 13.2. The third-order valence-corrected chi connectivity index (χ3v) is 6.35. The molecule has 25 heavy (non-hydrogen) atoms. The van der Waals surface area contributed by atoms with E-state index in [1.807, 2.05) is 30.3 Å². The molecular formula is C20H26N2O3. The summed E-state index contributed by atoms with van der Waals surface area (Å²) in [5.74, 6) is -0.587. The number of amides is 1. The Morgan fingerprint density at radius 3 is 2.52 bits per heavy atom. The summed E-state index contributed by atoms with van der Waals surface area (Å²) in [6.45, 7) is 0.624. The number of nitrogens with one attached hydrogen (secondary N) is 1. The summed E-state index contributed by atoms with van der Waals surface area (Å²) in [6.07, 6.45) is 5.35. The Hall–Kier alpha value is -1.88. The third kappa shape index (κ3) is 2.74. The van der Waals surface area contributed by atoms with Crippen LogP contribution < -0.4 is 5.32 Å². The number of fused-ring (bicyclic) bond motifs is 2. The van der Waals surface area contributed by atoms with E-state index in [1.165, 1.54) is 12.8 Å². The Labute approximate surface area is 148 Å². The predicted molar refractivity (Wildman–Crippen MR) is 94.1 cm³/mol. The Bertz CT molecular complexity index is 648. The highest BCUT2D eigenvalue weighted by molar-refractivity contribution is 6.09. The van der Waals surface area contributed by atoms with E-state index in [9.17, 15) is 9.59 Å². The average Bonchev–Trinajstić information content (AvgIpc) is 2.84. The first-order valence-corrected chi connectivity index (χ1v) is 9.38. The first-order valence-electron chi connectivity index (χ1n) is 9.38. The molecule has 1 N–H and O–H groups in total. The van der Waals surface area contributed by atoms with Crippen molar-refractivity contribution < 1.29 is 14.3 Å². The van der Waals surface area contributed by atoms with Crippen LogP contribution in [0.2, 0.25) is 0 Å². The van der Waals surface area contributed by atoms with Gasteiger partial charge >= 0.3 is 5.97 Å². The third-order valence-electron chi connectivity index (χ3n) is 6.35. The van der Waals surface area contributed by atoms with Crippen LogP contribution in [0.3, 0.4) is 0 Å². The molecule has 0 aromatic heterocycles. The van der Waals surface area contributed by atoms with Crippen molar-refractivity contribution in [1.82, 2.24) is 10.2 Å². The van der Waals surface area contributed by atoms with Gasteiger partial charge < -0.3 is 15.0 Å². The molecule has 3 atom stereocenters. The second kappa shape index (κ2) is 6.45. The van der Waals surface area contributed by atoms with E-state index in [4.69, 9.17) is 4.74 Å². The van der Waals surface area contributed by atoms with Crippen molar-refractivity contribution in [2.75, 3.05) is 13.6 Å². The van der Waals surface area contributed by atoms with Gasteiger partial charge in [0.25, 0.3) is 0 Å². The molecule has 1 amide bonds. The van der Waals surface area contributed by atoms with Gasteiger partial charge in [0.05, 0.1) is 0 Å². The lowest BCUT2D eigenvalue weighted by molar-refractivity contribution is -0.164. The molecule has 3 saturated heterocycles. The van der Waals surface area contributed by atoms with Crippen LogP contribution in [0.25, 0.3) is 0 Å². The molecule has 134 valence electrons. The average molecular weight is 342 g/mol. The second-order valence-corrected chi connectivity index (χ2v) is 7.68. The van der Waals surface area contributed by atoms with Crippen LogP contribution >= 0.6 is 0 Å². The number of nitrogens with zero attached hydrogens (tertiary/aromatic N) is 1. The highest BCUT2D eigenvalue weighted by Gasteiger charge is 2.51. The zero-order chi connectivity index (χ0) is 17.4. The zero-order valence-corrected chi connectivity index (χ0v) is 14.7. The second-order valence-electron chi connectivity index (χ2n) is 7.68. The minimum absolute atomic E-state index is 0.0727. The quantitative estimate of drug-likeness (QED) is 0.674. The summed E-state index contributed by atoms with van der Waals surface area (Å²) in [6, 6.07) is 10.4. The molecule has 3 unspecified atom stereocenters. The van der Waals surface area contributed by atoms with Crippen molar-refractivity contribution in [2.24, 2.45) is 0 Å². The van der Waals surface area contributed by atoms with Crippen molar-refractivity contribution in [3.63, 3.8) is 0 Å². The van der Waals surface area contributed by atoms with Crippen LogP contribution in [-0.4, -0.2) is 48.6 Å². The highest BCUT2D eigenvalue weighted by Crippen LogP contribution is 2.38. The predicted octanol–water partition coefficient (Wildman–Crippen LogP) is 2.00. The van der Waals surface area contributed by atoms with Crippen molar-refractivity contribution in [1.29, 1.82) is 0 Å². The van der Waals surface area contributed by atoms with Crippen LogP contribution in [0.4, 0.5) is 0 Å². The fourth-order valence-corrected chi connectivity index (χ4v) is 4.84. The molecule has 0 radical (unpaired) electrons. The van der Waals surface area contributed by atoms with Crippen LogP contribution in [0, 0.1) is 0 Å². The number of carbonyl (C=O) groups is 2. The summed E-state index contributed by atoms with van der Waals surface area (Å²) in [5, 5.41) is 2.88. The normalized spacial score (nSPS) is 35.2. The standard InChI is InChI=1S/C20H26N2O3/c1-22-15-8-9-16(22)13-17(12-15)25-19(24)20(10-5-11-21-18(20)23)14-6-3-2-4-7-14/h2-4,6-7,15-17H,5,8-13H2,1H3,(H,21,23). The fourth-order valence-electron chi connectivity index (χ4n) is 4.84. The minimum Gasteiger partial charge on any atom is -0.461 e. The first kappa shape index (κ1) is 16.6. The summed E-state index contributed by atoms with van der Waals surface area (Å²) in [5.41, 5.74) is -0.449. The molecule has 2 bridgehead atoms. The van der Waals surface area contributed by atoms with Gasteiger partial charge in [-0.15, -0.1) is 0 Å². The maximum Gasteiger partial charge on any atom is 0.326 e. The number of piperidine rings is 2. The zero-order valence-electron chi connectivity index (χ0n) is 14.7. The smallest absolute Gasteiger partial charge is 0.326 e. The molecule has 0 saturated carbocycles. The Morgan fingerprint density at radius 2 is 1.88 bits per heavy atom. The van der Waals surface area contributed by atoms with Crippen LogP contribution in [0.5, 0.6) is 0 Å². The van der Waals surface area contributed by atoms with Crippen LogP contribution in [0.15, 0.2) is 30.3 Å². The van der Waals surface area contributed by atoms with Gasteiger partial charge in [0.15, 0.2) is 5.41 Å². The van der Waals surface area contributed by atoms with E-state index in [2.05, 4.69) is 17.3 Å². The van der Waals surface area contributed by atoms with E-state index in [0.29, 0.717) is 25.0 Å². The monoisotopic (exact) mass is 342 g/mol. The molecule has 4 rings (SSSR count). The number of hydrogen-bond donors (Lipinski definition) is 1.